The summed E-state index contributed by atoms with van der Waals surface area (Å²) in [6.07, 6.45) is 25.3. The molecule has 0 rings (SSSR count). The van der Waals surface area contributed by atoms with Crippen LogP contribution in [0.4, 0.5) is 0 Å². The SMILES string of the molecule is C=CCCCCCCCCCCCCCCCCCC[N+](CCC(C)C(=O)O)(CCC(C)C(=O)O)CCC(C)C(=O)O. The van der Waals surface area contributed by atoms with Crippen molar-refractivity contribution in [2.45, 2.75) is 149 Å². The first-order valence-corrected chi connectivity index (χ1v) is 17.2. The second kappa shape index (κ2) is 25.6. The predicted molar refractivity (Wildman–Crippen MR) is 173 cm³/mol. The second-order valence-corrected chi connectivity index (χ2v) is 13.1. The zero-order valence-corrected chi connectivity index (χ0v) is 27.5. The van der Waals surface area contributed by atoms with Gasteiger partial charge in [-0.1, -0.05) is 110 Å². The van der Waals surface area contributed by atoms with E-state index in [0.29, 0.717) is 43.4 Å². The number of unbranched alkanes of at least 4 members (excludes halogenated alkanes) is 16. The molecule has 0 bridgehead atoms. The van der Waals surface area contributed by atoms with Crippen LogP contribution in [0, 0.1) is 17.8 Å². The van der Waals surface area contributed by atoms with Crippen molar-refractivity contribution in [3.8, 4) is 0 Å². The first kappa shape index (κ1) is 40.1. The van der Waals surface area contributed by atoms with Crippen LogP contribution in [0.3, 0.4) is 0 Å². The smallest absolute Gasteiger partial charge is 0.306 e. The number of nitrogens with zero attached hydrogens (tertiary/aromatic N) is 1. The fourth-order valence-corrected chi connectivity index (χ4v) is 5.65. The summed E-state index contributed by atoms with van der Waals surface area (Å²) in [6, 6.07) is 0. The number of hydrogen-bond donors (Lipinski definition) is 3. The highest BCUT2D eigenvalue weighted by Gasteiger charge is 2.31. The molecule has 0 amide bonds. The van der Waals surface area contributed by atoms with Crippen molar-refractivity contribution in [1.29, 1.82) is 0 Å². The van der Waals surface area contributed by atoms with Crippen molar-refractivity contribution in [3.63, 3.8) is 0 Å². The van der Waals surface area contributed by atoms with E-state index in [0.717, 1.165) is 25.8 Å². The standard InChI is InChI=1S/C35H65NO6/c1-5-6-7-8-9-10-11-12-13-14-15-16-17-18-19-20-21-22-26-36(27-23-30(2)33(37)38,28-24-31(3)34(39)40)29-25-32(4)35(41)42/h5,30-32H,1,6-29H2,2-4H3,(H2-,37,38,39,40,41,42)/p+1. The normalized spacial score (nSPS) is 15.0. The van der Waals surface area contributed by atoms with Crippen LogP contribution < -0.4 is 0 Å². The number of carbonyl (C=O) groups is 3. The third kappa shape index (κ3) is 21.8. The Morgan fingerprint density at radius 2 is 0.762 bits per heavy atom. The maximum Gasteiger partial charge on any atom is 0.306 e. The van der Waals surface area contributed by atoms with Crippen LogP contribution in [0.25, 0.3) is 0 Å². The molecule has 3 N–H and O–H groups in total. The zero-order chi connectivity index (χ0) is 31.6. The highest BCUT2D eigenvalue weighted by Crippen LogP contribution is 2.22. The van der Waals surface area contributed by atoms with Gasteiger partial charge in [-0.05, 0) is 25.7 Å². The maximum atomic E-state index is 11.5. The molecule has 0 aliphatic rings. The molecule has 7 nitrogen and oxygen atoms in total. The van der Waals surface area contributed by atoms with Gasteiger partial charge in [0, 0.05) is 19.3 Å². The Morgan fingerprint density at radius 3 is 1.02 bits per heavy atom. The molecule has 246 valence electrons. The summed E-state index contributed by atoms with van der Waals surface area (Å²) < 4.78 is 0.613. The molecule has 0 saturated carbocycles. The molecule has 3 unspecified atom stereocenters. The van der Waals surface area contributed by atoms with Crippen LogP contribution in [0.1, 0.15) is 149 Å². The molecule has 42 heavy (non-hydrogen) atoms. The number of hydrogen-bond acceptors (Lipinski definition) is 3. The minimum Gasteiger partial charge on any atom is -0.481 e. The molecule has 3 atom stereocenters. The topological polar surface area (TPSA) is 112 Å². The third-order valence-corrected chi connectivity index (χ3v) is 9.16. The van der Waals surface area contributed by atoms with Crippen molar-refractivity contribution < 1.29 is 34.2 Å². The lowest BCUT2D eigenvalue weighted by atomic mass is 10.0. The van der Waals surface area contributed by atoms with Crippen molar-refractivity contribution in [2.24, 2.45) is 17.8 Å². The lowest BCUT2D eigenvalue weighted by molar-refractivity contribution is -0.929. The van der Waals surface area contributed by atoms with Gasteiger partial charge in [0.1, 0.15) is 0 Å². The number of carboxylic acids is 3. The summed E-state index contributed by atoms with van der Waals surface area (Å²) in [5, 5.41) is 28.3. The van der Waals surface area contributed by atoms with Gasteiger partial charge in [-0.25, -0.2) is 0 Å². The van der Waals surface area contributed by atoms with E-state index in [9.17, 15) is 29.7 Å². The largest absolute Gasteiger partial charge is 0.481 e. The van der Waals surface area contributed by atoms with E-state index in [-0.39, 0.29) is 0 Å². The van der Waals surface area contributed by atoms with Crippen LogP contribution >= 0.6 is 0 Å². The Hall–Kier alpha value is -1.89. The zero-order valence-electron chi connectivity index (χ0n) is 27.5. The van der Waals surface area contributed by atoms with E-state index < -0.39 is 35.7 Å². The molecule has 0 aromatic heterocycles. The van der Waals surface area contributed by atoms with Crippen LogP contribution in [0.2, 0.25) is 0 Å². The summed E-state index contributed by atoms with van der Waals surface area (Å²) in [4.78, 5) is 34.5. The van der Waals surface area contributed by atoms with Gasteiger partial charge in [0.05, 0.1) is 43.9 Å². The molecule has 0 heterocycles. The van der Waals surface area contributed by atoms with Crippen molar-refractivity contribution in [3.05, 3.63) is 12.7 Å². The van der Waals surface area contributed by atoms with E-state index in [4.69, 9.17) is 0 Å². The highest BCUT2D eigenvalue weighted by atomic mass is 16.4. The van der Waals surface area contributed by atoms with Crippen LogP contribution in [-0.2, 0) is 14.4 Å². The van der Waals surface area contributed by atoms with Gasteiger partial charge in [0.15, 0.2) is 0 Å². The van der Waals surface area contributed by atoms with Crippen molar-refractivity contribution in [2.75, 3.05) is 26.2 Å². The molecule has 0 aliphatic carbocycles. The second-order valence-electron chi connectivity index (χ2n) is 13.1. The van der Waals surface area contributed by atoms with Gasteiger partial charge in [-0.3, -0.25) is 14.4 Å². The van der Waals surface area contributed by atoms with Gasteiger partial charge in [-0.15, -0.1) is 6.58 Å². The van der Waals surface area contributed by atoms with Crippen molar-refractivity contribution in [1.82, 2.24) is 0 Å². The lowest BCUT2D eigenvalue weighted by Gasteiger charge is -2.40. The monoisotopic (exact) mass is 596 g/mol. The van der Waals surface area contributed by atoms with Gasteiger partial charge in [-0.2, -0.15) is 0 Å². The number of aliphatic carboxylic acids is 3. The van der Waals surface area contributed by atoms with E-state index >= 15 is 0 Å². The minimum absolute atomic E-state index is 0.478. The first-order chi connectivity index (χ1) is 20.0. The number of allylic oxidation sites excluding steroid dienone is 1. The average molecular weight is 597 g/mol. The van der Waals surface area contributed by atoms with E-state index in [1.165, 1.54) is 89.9 Å². The summed E-state index contributed by atoms with van der Waals surface area (Å²) in [6.45, 7) is 11.7. The summed E-state index contributed by atoms with van der Waals surface area (Å²) in [5.41, 5.74) is 0. The summed E-state index contributed by atoms with van der Waals surface area (Å²) >= 11 is 0. The van der Waals surface area contributed by atoms with Gasteiger partial charge >= 0.3 is 17.9 Å². The number of carboxylic acid groups (broad SMARTS) is 3. The molecule has 0 radical (unpaired) electrons. The fraction of sp³-hybridized carbons (Fsp3) is 0.857. The lowest BCUT2D eigenvalue weighted by Crippen LogP contribution is -2.52. The van der Waals surface area contributed by atoms with Crippen LogP contribution in [-0.4, -0.2) is 63.9 Å². The Labute approximate surface area is 257 Å². The van der Waals surface area contributed by atoms with Gasteiger partial charge < -0.3 is 19.8 Å². The quantitative estimate of drug-likeness (QED) is 0.0418. The third-order valence-electron chi connectivity index (χ3n) is 9.16. The summed E-state index contributed by atoms with van der Waals surface area (Å²) in [7, 11) is 0. The Balaban J connectivity index is 4.47. The fourth-order valence-electron chi connectivity index (χ4n) is 5.65. The Morgan fingerprint density at radius 1 is 0.500 bits per heavy atom. The Bertz CT molecular complexity index is 664. The number of quaternary nitrogens is 1. The van der Waals surface area contributed by atoms with E-state index in [1.54, 1.807) is 20.8 Å². The number of rotatable bonds is 31. The highest BCUT2D eigenvalue weighted by molar-refractivity contribution is 5.70. The molecule has 0 spiro atoms. The molecule has 0 saturated heterocycles. The average Bonchev–Trinajstić information content (AvgIpc) is 2.96. The predicted octanol–water partition coefficient (Wildman–Crippen LogP) is 8.95. The van der Waals surface area contributed by atoms with Crippen LogP contribution in [0.15, 0.2) is 12.7 Å². The van der Waals surface area contributed by atoms with Gasteiger partial charge in [0.25, 0.3) is 0 Å². The maximum absolute atomic E-state index is 11.5. The minimum atomic E-state index is -0.823. The van der Waals surface area contributed by atoms with E-state index in [2.05, 4.69) is 6.58 Å². The first-order valence-electron chi connectivity index (χ1n) is 17.2. The molecule has 0 aromatic rings. The van der Waals surface area contributed by atoms with Crippen molar-refractivity contribution >= 4 is 17.9 Å². The molecule has 0 fully saturated rings. The molecule has 0 aliphatic heterocycles. The molecular formula is C35H66NO6+. The molecule has 7 heteroatoms. The van der Waals surface area contributed by atoms with E-state index in [1.807, 2.05) is 6.08 Å². The Kier molecular flexibility index (Phi) is 24.4. The molecule has 0 aromatic carbocycles. The van der Waals surface area contributed by atoms with Gasteiger partial charge in [0.2, 0.25) is 0 Å². The molecular weight excluding hydrogens is 530 g/mol. The van der Waals surface area contributed by atoms with Crippen LogP contribution in [0.5, 0.6) is 0 Å². The summed E-state index contributed by atoms with van der Waals surface area (Å²) in [5.74, 6) is -3.90.